The number of ether oxygens (including phenoxy) is 1. The molecule has 2 heterocycles. The maximum atomic E-state index is 5.77. The summed E-state index contributed by atoms with van der Waals surface area (Å²) in [5, 5.41) is 13.9. The minimum Gasteiger partial charge on any atom is -0.486 e. The van der Waals surface area contributed by atoms with E-state index in [2.05, 4.69) is 15.3 Å². The van der Waals surface area contributed by atoms with Crippen molar-refractivity contribution in [1.82, 2.24) is 19.8 Å². The van der Waals surface area contributed by atoms with Crippen molar-refractivity contribution < 1.29 is 4.74 Å². The molecule has 0 saturated heterocycles. The number of nitrogens with zero attached hydrogens (tertiary/aromatic N) is 4. The highest BCUT2D eigenvalue weighted by atomic mass is 32.1. The SMILES string of the molecule is Cc1ccc(OCc2nnc3sc(-c4ccccc4)nn23)cc1. The third-order valence-electron chi connectivity index (χ3n) is 3.47. The summed E-state index contributed by atoms with van der Waals surface area (Å²) < 4.78 is 7.52. The first-order chi connectivity index (χ1) is 11.3. The summed E-state index contributed by atoms with van der Waals surface area (Å²) in [6.45, 7) is 2.38. The lowest BCUT2D eigenvalue weighted by Gasteiger charge is -2.04. The molecule has 0 unspecified atom stereocenters. The Labute approximate surface area is 137 Å². The quantitative estimate of drug-likeness (QED) is 0.574. The van der Waals surface area contributed by atoms with Gasteiger partial charge in [-0.15, -0.1) is 10.2 Å². The molecule has 0 spiro atoms. The molecule has 0 bridgehead atoms. The Morgan fingerprint density at radius 1 is 1.00 bits per heavy atom. The number of hydrogen-bond acceptors (Lipinski definition) is 5. The summed E-state index contributed by atoms with van der Waals surface area (Å²) in [7, 11) is 0. The zero-order chi connectivity index (χ0) is 15.6. The Balaban J connectivity index is 1.58. The van der Waals surface area contributed by atoms with Crippen molar-refractivity contribution >= 4 is 16.3 Å². The zero-order valence-electron chi connectivity index (χ0n) is 12.5. The molecule has 0 saturated carbocycles. The largest absolute Gasteiger partial charge is 0.486 e. The molecule has 0 fully saturated rings. The monoisotopic (exact) mass is 322 g/mol. The van der Waals surface area contributed by atoms with Gasteiger partial charge in [0.1, 0.15) is 17.4 Å². The van der Waals surface area contributed by atoms with E-state index >= 15 is 0 Å². The lowest BCUT2D eigenvalue weighted by Crippen LogP contribution is -2.02. The minimum atomic E-state index is 0.336. The molecule has 23 heavy (non-hydrogen) atoms. The first-order valence-electron chi connectivity index (χ1n) is 7.25. The second-order valence-corrected chi connectivity index (χ2v) is 6.14. The van der Waals surface area contributed by atoms with Crippen LogP contribution in [-0.4, -0.2) is 19.8 Å². The number of aromatic nitrogens is 4. The molecule has 2 aromatic carbocycles. The molecule has 4 rings (SSSR count). The van der Waals surface area contributed by atoms with Crippen molar-refractivity contribution in [3.05, 3.63) is 66.0 Å². The molecular weight excluding hydrogens is 308 g/mol. The highest BCUT2D eigenvalue weighted by Crippen LogP contribution is 2.25. The fraction of sp³-hybridized carbons (Fsp3) is 0.118. The number of aryl methyl sites for hydroxylation is 1. The predicted molar refractivity (Wildman–Crippen MR) is 89.6 cm³/mol. The van der Waals surface area contributed by atoms with Crippen molar-refractivity contribution in [1.29, 1.82) is 0 Å². The summed E-state index contributed by atoms with van der Waals surface area (Å²) in [5.41, 5.74) is 2.28. The van der Waals surface area contributed by atoms with Crippen LogP contribution in [0.25, 0.3) is 15.5 Å². The third-order valence-corrected chi connectivity index (χ3v) is 4.41. The van der Waals surface area contributed by atoms with Crippen molar-refractivity contribution in [2.75, 3.05) is 0 Å². The third kappa shape index (κ3) is 2.80. The van der Waals surface area contributed by atoms with Crippen LogP contribution in [0, 0.1) is 6.92 Å². The summed E-state index contributed by atoms with van der Waals surface area (Å²) in [4.78, 5) is 0.770. The number of fused-ring (bicyclic) bond motifs is 1. The van der Waals surface area contributed by atoms with Crippen LogP contribution in [-0.2, 0) is 6.61 Å². The molecule has 0 aliphatic heterocycles. The van der Waals surface area contributed by atoms with Crippen LogP contribution in [0.2, 0.25) is 0 Å². The molecule has 0 N–H and O–H groups in total. The Bertz CT molecular complexity index is 928. The standard InChI is InChI=1S/C17H14N4OS/c1-12-7-9-14(10-8-12)22-11-15-18-19-17-21(15)20-16(23-17)13-5-3-2-4-6-13/h2-10H,11H2,1H3. The summed E-state index contributed by atoms with van der Waals surface area (Å²) in [5.74, 6) is 1.50. The van der Waals surface area contributed by atoms with Gasteiger partial charge in [0.25, 0.3) is 0 Å². The van der Waals surface area contributed by atoms with E-state index in [0.717, 1.165) is 21.3 Å². The average molecular weight is 322 g/mol. The molecule has 5 nitrogen and oxygen atoms in total. The van der Waals surface area contributed by atoms with E-state index in [1.165, 1.54) is 16.9 Å². The normalized spacial score (nSPS) is 11.0. The van der Waals surface area contributed by atoms with Crippen LogP contribution in [0.3, 0.4) is 0 Å². The van der Waals surface area contributed by atoms with Gasteiger partial charge in [-0.05, 0) is 19.1 Å². The van der Waals surface area contributed by atoms with E-state index in [4.69, 9.17) is 4.74 Å². The van der Waals surface area contributed by atoms with E-state index in [1.807, 2.05) is 61.5 Å². The first kappa shape index (κ1) is 13.9. The molecule has 114 valence electrons. The molecule has 4 aromatic rings. The van der Waals surface area contributed by atoms with Gasteiger partial charge in [-0.25, -0.2) is 0 Å². The predicted octanol–water partition coefficient (Wildman–Crippen LogP) is 3.74. The number of hydrogen-bond donors (Lipinski definition) is 0. The van der Waals surface area contributed by atoms with Crippen LogP contribution in [0.4, 0.5) is 0 Å². The summed E-state index contributed by atoms with van der Waals surface area (Å²) in [6.07, 6.45) is 0. The van der Waals surface area contributed by atoms with E-state index in [0.29, 0.717) is 12.4 Å². The van der Waals surface area contributed by atoms with Gasteiger partial charge >= 0.3 is 0 Å². The molecular formula is C17H14N4OS. The van der Waals surface area contributed by atoms with Crippen LogP contribution in [0.5, 0.6) is 5.75 Å². The van der Waals surface area contributed by atoms with E-state index in [9.17, 15) is 0 Å². The van der Waals surface area contributed by atoms with Crippen LogP contribution in [0.15, 0.2) is 54.6 Å². The van der Waals surface area contributed by atoms with Crippen LogP contribution >= 0.6 is 11.3 Å². The first-order valence-corrected chi connectivity index (χ1v) is 8.07. The summed E-state index contributed by atoms with van der Waals surface area (Å²) in [6, 6.07) is 18.0. The highest BCUT2D eigenvalue weighted by Gasteiger charge is 2.13. The number of rotatable bonds is 4. The van der Waals surface area contributed by atoms with Crippen LogP contribution < -0.4 is 4.74 Å². The highest BCUT2D eigenvalue weighted by molar-refractivity contribution is 7.19. The lowest BCUT2D eigenvalue weighted by atomic mass is 10.2. The van der Waals surface area contributed by atoms with Crippen molar-refractivity contribution in [3.8, 4) is 16.3 Å². The van der Waals surface area contributed by atoms with Gasteiger partial charge in [0.2, 0.25) is 4.96 Å². The molecule has 6 heteroatoms. The minimum absolute atomic E-state index is 0.336. The smallest absolute Gasteiger partial charge is 0.235 e. The van der Waals surface area contributed by atoms with Gasteiger partial charge in [0.05, 0.1) is 0 Å². The van der Waals surface area contributed by atoms with Gasteiger partial charge in [-0.2, -0.15) is 9.61 Å². The molecule has 0 atom stereocenters. The van der Waals surface area contributed by atoms with Gasteiger partial charge in [0, 0.05) is 5.56 Å². The second-order valence-electron chi connectivity index (χ2n) is 5.19. The molecule has 0 aliphatic carbocycles. The Morgan fingerprint density at radius 2 is 1.78 bits per heavy atom. The van der Waals surface area contributed by atoms with E-state index < -0.39 is 0 Å². The van der Waals surface area contributed by atoms with Crippen molar-refractivity contribution in [2.45, 2.75) is 13.5 Å². The van der Waals surface area contributed by atoms with Gasteiger partial charge < -0.3 is 4.74 Å². The fourth-order valence-electron chi connectivity index (χ4n) is 2.23. The van der Waals surface area contributed by atoms with E-state index in [-0.39, 0.29) is 0 Å². The second kappa shape index (κ2) is 5.81. The van der Waals surface area contributed by atoms with Crippen molar-refractivity contribution in [3.63, 3.8) is 0 Å². The summed E-state index contributed by atoms with van der Waals surface area (Å²) >= 11 is 1.52. The molecule has 0 amide bonds. The molecule has 0 aliphatic rings. The fourth-order valence-corrected chi connectivity index (χ4v) is 3.09. The molecule has 2 aromatic heterocycles. The van der Waals surface area contributed by atoms with Crippen LogP contribution in [0.1, 0.15) is 11.4 Å². The average Bonchev–Trinajstić information content (AvgIpc) is 3.16. The maximum absolute atomic E-state index is 5.77. The van der Waals surface area contributed by atoms with Gasteiger partial charge in [-0.1, -0.05) is 59.4 Å². The van der Waals surface area contributed by atoms with Gasteiger partial charge in [0.15, 0.2) is 5.82 Å². The van der Waals surface area contributed by atoms with Gasteiger partial charge in [-0.3, -0.25) is 0 Å². The van der Waals surface area contributed by atoms with Crippen molar-refractivity contribution in [2.24, 2.45) is 0 Å². The Kier molecular flexibility index (Phi) is 3.51. The maximum Gasteiger partial charge on any atom is 0.235 e. The zero-order valence-corrected chi connectivity index (χ0v) is 13.3. The van der Waals surface area contributed by atoms with E-state index in [1.54, 1.807) is 4.52 Å². The molecule has 0 radical (unpaired) electrons. The topological polar surface area (TPSA) is 52.3 Å². The lowest BCUT2D eigenvalue weighted by molar-refractivity contribution is 0.293. The Morgan fingerprint density at radius 3 is 2.57 bits per heavy atom. The Hall–Kier alpha value is -2.73. The number of benzene rings is 2.